The first-order chi connectivity index (χ1) is 12.6. The number of hydrogen-bond donors (Lipinski definition) is 0. The summed E-state index contributed by atoms with van der Waals surface area (Å²) in [5.74, 6) is 4.71. The molecular formula is C21H28O5. The molecule has 0 spiro atoms. The average molecular weight is 360 g/mol. The van der Waals surface area contributed by atoms with Crippen LogP contribution in [-0.2, 0) is 23.9 Å². The third-order valence-corrected chi connectivity index (χ3v) is 4.39. The molecule has 0 heterocycles. The van der Waals surface area contributed by atoms with Gasteiger partial charge in [-0.1, -0.05) is 17.9 Å². The highest BCUT2D eigenvalue weighted by Gasteiger charge is 2.47. The fraction of sp³-hybridized carbons (Fsp3) is 0.571. The van der Waals surface area contributed by atoms with E-state index in [2.05, 4.69) is 18.4 Å². The summed E-state index contributed by atoms with van der Waals surface area (Å²) in [7, 11) is 0. The maximum atomic E-state index is 12.6. The van der Waals surface area contributed by atoms with Crippen LogP contribution in [-0.4, -0.2) is 31.4 Å². The minimum Gasteiger partial charge on any atom is -0.465 e. The van der Waals surface area contributed by atoms with Crippen molar-refractivity contribution in [1.29, 1.82) is 0 Å². The molecular weight excluding hydrogens is 332 g/mol. The fourth-order valence-electron chi connectivity index (χ4n) is 2.91. The molecule has 0 N–H and O–H groups in total. The van der Waals surface area contributed by atoms with Crippen LogP contribution in [0.1, 0.15) is 58.8 Å². The first-order valence-electron chi connectivity index (χ1n) is 9.17. The van der Waals surface area contributed by atoms with Crippen molar-refractivity contribution in [2.45, 2.75) is 58.8 Å². The minimum absolute atomic E-state index is 0.00581. The second-order valence-corrected chi connectivity index (χ2v) is 6.16. The van der Waals surface area contributed by atoms with Crippen molar-refractivity contribution in [3.63, 3.8) is 0 Å². The summed E-state index contributed by atoms with van der Waals surface area (Å²) in [5.41, 5.74) is 0.0494. The van der Waals surface area contributed by atoms with E-state index in [4.69, 9.17) is 9.47 Å². The first kappa shape index (κ1) is 21.7. The Morgan fingerprint density at radius 2 is 1.77 bits per heavy atom. The maximum Gasteiger partial charge on any atom is 0.324 e. The summed E-state index contributed by atoms with van der Waals surface area (Å²) < 4.78 is 10.3. The van der Waals surface area contributed by atoms with Gasteiger partial charge in [0.25, 0.3) is 0 Å². The average Bonchev–Trinajstić information content (AvgIpc) is 2.65. The van der Waals surface area contributed by atoms with Crippen LogP contribution in [0.25, 0.3) is 0 Å². The van der Waals surface area contributed by atoms with Gasteiger partial charge in [-0.25, -0.2) is 0 Å². The molecule has 0 unspecified atom stereocenters. The molecule has 1 rings (SSSR count). The van der Waals surface area contributed by atoms with Crippen molar-refractivity contribution >= 4 is 18.2 Å². The molecule has 1 aliphatic rings. The Kier molecular flexibility index (Phi) is 9.43. The standard InChI is InChI=1S/C21H28O5/c1-4-7-14-21(19(23)25-5-2,20(24)26-6-3)15-10-13-17-11-8-9-12-18(17)16-22/h4,16H,1,5-9,11-12,14-15H2,2-3H3. The zero-order chi connectivity index (χ0) is 19.4. The van der Waals surface area contributed by atoms with Crippen LogP contribution >= 0.6 is 0 Å². The normalized spacial score (nSPS) is 14.1. The van der Waals surface area contributed by atoms with Gasteiger partial charge in [0, 0.05) is 17.6 Å². The lowest BCUT2D eigenvalue weighted by molar-refractivity contribution is -0.172. The van der Waals surface area contributed by atoms with E-state index in [1.807, 2.05) is 0 Å². The van der Waals surface area contributed by atoms with Crippen LogP contribution in [0.4, 0.5) is 0 Å². The predicted molar refractivity (Wildman–Crippen MR) is 99.1 cm³/mol. The second-order valence-electron chi connectivity index (χ2n) is 6.16. The van der Waals surface area contributed by atoms with Gasteiger partial charge in [0.05, 0.1) is 13.2 Å². The van der Waals surface area contributed by atoms with Crippen LogP contribution in [0.5, 0.6) is 0 Å². The van der Waals surface area contributed by atoms with E-state index < -0.39 is 17.4 Å². The second kappa shape index (κ2) is 11.3. The van der Waals surface area contributed by atoms with Crippen molar-refractivity contribution in [3.05, 3.63) is 23.8 Å². The molecule has 1 aliphatic carbocycles. The smallest absolute Gasteiger partial charge is 0.324 e. The van der Waals surface area contributed by atoms with E-state index in [1.165, 1.54) is 0 Å². The lowest BCUT2D eigenvalue weighted by Crippen LogP contribution is -2.42. The van der Waals surface area contributed by atoms with E-state index in [0.29, 0.717) is 12.0 Å². The molecule has 0 atom stereocenters. The quantitative estimate of drug-likeness (QED) is 0.207. The van der Waals surface area contributed by atoms with Gasteiger partial charge < -0.3 is 9.47 Å². The predicted octanol–water partition coefficient (Wildman–Crippen LogP) is 3.53. The molecule has 0 aromatic carbocycles. The van der Waals surface area contributed by atoms with Gasteiger partial charge in [0.2, 0.25) is 0 Å². The van der Waals surface area contributed by atoms with Gasteiger partial charge in [-0.15, -0.1) is 6.58 Å². The SMILES string of the molecule is C=CCCC(CC#CC1=C(C=O)CCCC1)(C(=O)OCC)C(=O)OCC. The Hall–Kier alpha value is -2.35. The number of ether oxygens (including phenoxy) is 2. The molecule has 0 saturated carbocycles. The Labute approximate surface area is 155 Å². The molecule has 0 aliphatic heterocycles. The summed E-state index contributed by atoms with van der Waals surface area (Å²) in [6.07, 6.45) is 6.62. The van der Waals surface area contributed by atoms with Gasteiger partial charge in [-0.05, 0) is 52.4 Å². The number of carbonyl (C=O) groups is 3. The fourth-order valence-corrected chi connectivity index (χ4v) is 2.91. The van der Waals surface area contributed by atoms with Gasteiger partial charge in [0.1, 0.15) is 6.29 Å². The van der Waals surface area contributed by atoms with Crippen LogP contribution in [0, 0.1) is 17.3 Å². The van der Waals surface area contributed by atoms with E-state index >= 15 is 0 Å². The first-order valence-corrected chi connectivity index (χ1v) is 9.17. The molecule has 142 valence electrons. The van der Waals surface area contributed by atoms with Crippen LogP contribution in [0.15, 0.2) is 23.8 Å². The summed E-state index contributed by atoms with van der Waals surface area (Å²) in [5, 5.41) is 0. The molecule has 0 aromatic heterocycles. The van der Waals surface area contributed by atoms with Crippen molar-refractivity contribution < 1.29 is 23.9 Å². The number of hydrogen-bond acceptors (Lipinski definition) is 5. The summed E-state index contributed by atoms with van der Waals surface area (Å²) >= 11 is 0. The highest BCUT2D eigenvalue weighted by molar-refractivity contribution is 6.00. The highest BCUT2D eigenvalue weighted by Crippen LogP contribution is 2.32. The van der Waals surface area contributed by atoms with Gasteiger partial charge in [-0.3, -0.25) is 14.4 Å². The van der Waals surface area contributed by atoms with Crippen LogP contribution < -0.4 is 0 Å². The molecule has 5 heteroatoms. The van der Waals surface area contributed by atoms with Crippen molar-refractivity contribution in [3.8, 4) is 11.8 Å². The molecule has 0 saturated heterocycles. The Bertz CT molecular complexity index is 600. The zero-order valence-corrected chi connectivity index (χ0v) is 15.8. The minimum atomic E-state index is -1.47. The molecule has 0 radical (unpaired) electrons. The summed E-state index contributed by atoms with van der Waals surface area (Å²) in [6, 6.07) is 0. The number of allylic oxidation sites excluding steroid dienone is 3. The Balaban J connectivity index is 3.18. The third-order valence-electron chi connectivity index (χ3n) is 4.39. The van der Waals surface area contributed by atoms with E-state index in [1.54, 1.807) is 19.9 Å². The van der Waals surface area contributed by atoms with Gasteiger partial charge >= 0.3 is 11.9 Å². The Morgan fingerprint density at radius 1 is 1.15 bits per heavy atom. The van der Waals surface area contributed by atoms with Crippen LogP contribution in [0.3, 0.4) is 0 Å². The number of carbonyl (C=O) groups excluding carboxylic acids is 3. The zero-order valence-electron chi connectivity index (χ0n) is 15.8. The Morgan fingerprint density at radius 3 is 2.31 bits per heavy atom. The summed E-state index contributed by atoms with van der Waals surface area (Å²) in [6.45, 7) is 7.38. The van der Waals surface area contributed by atoms with Crippen molar-refractivity contribution in [2.24, 2.45) is 5.41 Å². The molecule has 0 amide bonds. The van der Waals surface area contributed by atoms with E-state index in [9.17, 15) is 14.4 Å². The van der Waals surface area contributed by atoms with Gasteiger partial charge in [0.15, 0.2) is 5.41 Å². The largest absolute Gasteiger partial charge is 0.465 e. The molecule has 5 nitrogen and oxygen atoms in total. The highest BCUT2D eigenvalue weighted by atomic mass is 16.6. The monoisotopic (exact) mass is 360 g/mol. The van der Waals surface area contributed by atoms with Crippen molar-refractivity contribution in [2.75, 3.05) is 13.2 Å². The molecule has 0 aromatic rings. The van der Waals surface area contributed by atoms with E-state index in [-0.39, 0.29) is 26.1 Å². The molecule has 0 fully saturated rings. The molecule has 0 bridgehead atoms. The maximum absolute atomic E-state index is 12.6. The van der Waals surface area contributed by atoms with Gasteiger partial charge in [-0.2, -0.15) is 0 Å². The number of esters is 2. The van der Waals surface area contributed by atoms with E-state index in [0.717, 1.165) is 37.5 Å². The van der Waals surface area contributed by atoms with Crippen LogP contribution in [0.2, 0.25) is 0 Å². The lowest BCUT2D eigenvalue weighted by Gasteiger charge is -2.27. The number of rotatable bonds is 9. The third kappa shape index (κ3) is 5.59. The van der Waals surface area contributed by atoms with Crippen molar-refractivity contribution in [1.82, 2.24) is 0 Å². The topological polar surface area (TPSA) is 69.7 Å². The molecule has 26 heavy (non-hydrogen) atoms. The summed E-state index contributed by atoms with van der Waals surface area (Å²) in [4.78, 5) is 36.4. The number of aldehydes is 1. The lowest BCUT2D eigenvalue weighted by atomic mass is 9.79.